The minimum Gasteiger partial charge on any atom is -0.354 e. The number of rotatable bonds is 4. The Labute approximate surface area is 207 Å². The molecule has 0 aliphatic carbocycles. The maximum Gasteiger partial charge on any atom is 0.231 e. The average Bonchev–Trinajstić information content (AvgIpc) is 3.41. The Morgan fingerprint density at radius 2 is 2.06 bits per heavy atom. The van der Waals surface area contributed by atoms with Gasteiger partial charge in [-0.2, -0.15) is 0 Å². The second-order valence-electron chi connectivity index (χ2n) is 9.22. The van der Waals surface area contributed by atoms with Crippen molar-refractivity contribution in [2.24, 2.45) is 5.92 Å². The Bertz CT molecular complexity index is 1380. The Morgan fingerprint density at radius 1 is 1.11 bits per heavy atom. The first-order chi connectivity index (χ1) is 17.2. The lowest BCUT2D eigenvalue weighted by Crippen LogP contribution is -2.41. The molecule has 0 bridgehead atoms. The van der Waals surface area contributed by atoms with E-state index in [2.05, 4.69) is 29.9 Å². The minimum absolute atomic E-state index is 0.0885. The number of carbonyl (C=O) groups is 1. The van der Waals surface area contributed by atoms with Crippen molar-refractivity contribution in [1.82, 2.24) is 24.7 Å². The molecule has 6 rings (SSSR count). The van der Waals surface area contributed by atoms with Gasteiger partial charge in [-0.15, -0.1) is 0 Å². The van der Waals surface area contributed by atoms with E-state index in [-0.39, 0.29) is 11.8 Å². The zero-order valence-electron chi connectivity index (χ0n) is 19.3. The van der Waals surface area contributed by atoms with Crippen molar-refractivity contribution >= 4 is 40.4 Å². The van der Waals surface area contributed by atoms with Gasteiger partial charge in [0.2, 0.25) is 11.8 Å². The molecule has 3 aromatic heterocycles. The molecule has 0 spiro atoms. The monoisotopic (exact) mass is 491 g/mol. The molecule has 1 atom stereocenters. The normalized spacial score (nSPS) is 18.3. The highest BCUT2D eigenvalue weighted by molar-refractivity contribution is 6.30. The summed E-state index contributed by atoms with van der Waals surface area (Å²) >= 11 is 6.08. The summed E-state index contributed by atoms with van der Waals surface area (Å²) in [6.07, 6.45) is 7.79. The highest BCUT2D eigenvalue weighted by Crippen LogP contribution is 2.30. The van der Waals surface area contributed by atoms with Crippen LogP contribution in [0.2, 0.25) is 5.02 Å². The summed E-state index contributed by atoms with van der Waals surface area (Å²) in [4.78, 5) is 29.3. The molecule has 5 heterocycles. The third-order valence-corrected chi connectivity index (χ3v) is 7.08. The predicted molar refractivity (Wildman–Crippen MR) is 133 cm³/mol. The number of piperidine rings is 1. The zero-order chi connectivity index (χ0) is 23.8. The van der Waals surface area contributed by atoms with E-state index >= 15 is 0 Å². The Balaban J connectivity index is 1.19. The molecule has 1 amide bonds. The van der Waals surface area contributed by atoms with E-state index in [0.29, 0.717) is 23.1 Å². The lowest BCUT2D eigenvalue weighted by Gasteiger charge is -2.32. The van der Waals surface area contributed by atoms with Crippen LogP contribution in [-0.4, -0.2) is 43.7 Å². The summed E-state index contributed by atoms with van der Waals surface area (Å²) < 4.78 is 7.61. The van der Waals surface area contributed by atoms with Gasteiger partial charge in [0.25, 0.3) is 0 Å². The SMILES string of the molecule is O=C(Nc1cc(-c2cccc(Cl)c2)no1)[C@@H]1CCCN(c2ncnc3c2nc2n3CCCCC2)C1. The van der Waals surface area contributed by atoms with Gasteiger partial charge in [0, 0.05) is 42.7 Å². The quantitative estimate of drug-likeness (QED) is 0.440. The second-order valence-corrected chi connectivity index (χ2v) is 9.66. The van der Waals surface area contributed by atoms with Crippen LogP contribution in [0.25, 0.3) is 22.4 Å². The lowest BCUT2D eigenvalue weighted by molar-refractivity contribution is -0.120. The lowest BCUT2D eigenvalue weighted by atomic mass is 9.97. The number of aromatic nitrogens is 5. The van der Waals surface area contributed by atoms with E-state index < -0.39 is 0 Å². The largest absolute Gasteiger partial charge is 0.354 e. The molecular formula is C25H26ClN7O2. The second kappa shape index (κ2) is 9.30. The fourth-order valence-electron chi connectivity index (χ4n) is 5.08. The van der Waals surface area contributed by atoms with Crippen molar-refractivity contribution in [1.29, 1.82) is 0 Å². The van der Waals surface area contributed by atoms with Crippen LogP contribution in [-0.2, 0) is 17.8 Å². The molecule has 1 aromatic carbocycles. The Morgan fingerprint density at radius 3 is 2.97 bits per heavy atom. The molecule has 9 nitrogen and oxygen atoms in total. The summed E-state index contributed by atoms with van der Waals surface area (Å²) in [6.45, 7) is 2.34. The summed E-state index contributed by atoms with van der Waals surface area (Å²) in [5.41, 5.74) is 3.19. The third kappa shape index (κ3) is 4.36. The van der Waals surface area contributed by atoms with Gasteiger partial charge >= 0.3 is 0 Å². The number of fused-ring (bicyclic) bond motifs is 3. The molecule has 1 N–H and O–H groups in total. The molecule has 35 heavy (non-hydrogen) atoms. The molecule has 180 valence electrons. The van der Waals surface area contributed by atoms with Gasteiger partial charge in [0.1, 0.15) is 17.8 Å². The number of hydrogen-bond acceptors (Lipinski definition) is 7. The molecule has 0 saturated carbocycles. The number of nitrogens with zero attached hydrogens (tertiary/aromatic N) is 6. The molecular weight excluding hydrogens is 466 g/mol. The summed E-state index contributed by atoms with van der Waals surface area (Å²) in [6, 6.07) is 9.07. The number of hydrogen-bond donors (Lipinski definition) is 1. The molecule has 0 radical (unpaired) electrons. The zero-order valence-corrected chi connectivity index (χ0v) is 20.0. The smallest absolute Gasteiger partial charge is 0.231 e. The third-order valence-electron chi connectivity index (χ3n) is 6.84. The van der Waals surface area contributed by atoms with E-state index in [1.165, 1.54) is 6.42 Å². The number of aryl methyl sites for hydroxylation is 2. The molecule has 2 aliphatic heterocycles. The molecule has 10 heteroatoms. The number of anilines is 2. The fraction of sp³-hybridized carbons (Fsp3) is 0.400. The highest BCUT2D eigenvalue weighted by atomic mass is 35.5. The highest BCUT2D eigenvalue weighted by Gasteiger charge is 2.29. The first-order valence-electron chi connectivity index (χ1n) is 12.1. The summed E-state index contributed by atoms with van der Waals surface area (Å²) in [5.74, 6) is 1.94. The van der Waals surface area contributed by atoms with Crippen molar-refractivity contribution in [3.8, 4) is 11.3 Å². The van der Waals surface area contributed by atoms with Crippen molar-refractivity contribution in [3.63, 3.8) is 0 Å². The number of amides is 1. The van der Waals surface area contributed by atoms with E-state index in [0.717, 1.165) is 73.6 Å². The number of benzene rings is 1. The first kappa shape index (κ1) is 22.0. The van der Waals surface area contributed by atoms with Gasteiger partial charge in [-0.05, 0) is 37.8 Å². The maximum atomic E-state index is 13.1. The van der Waals surface area contributed by atoms with Crippen molar-refractivity contribution in [2.45, 2.75) is 45.1 Å². The van der Waals surface area contributed by atoms with Crippen LogP contribution < -0.4 is 10.2 Å². The predicted octanol–water partition coefficient (Wildman–Crippen LogP) is 4.72. The van der Waals surface area contributed by atoms with Crippen LogP contribution in [0.1, 0.15) is 37.9 Å². The van der Waals surface area contributed by atoms with Crippen molar-refractivity contribution in [3.05, 3.63) is 47.5 Å². The van der Waals surface area contributed by atoms with E-state index in [9.17, 15) is 4.79 Å². The summed E-state index contributed by atoms with van der Waals surface area (Å²) in [5, 5.41) is 7.58. The average molecular weight is 492 g/mol. The van der Waals surface area contributed by atoms with Gasteiger partial charge in [0.15, 0.2) is 17.0 Å². The minimum atomic E-state index is -0.200. The molecule has 0 unspecified atom stereocenters. The molecule has 1 saturated heterocycles. The Kier molecular flexibility index (Phi) is 5.85. The standard InChI is InChI=1S/C25H26ClN7O2/c26-18-8-4-6-16(12-18)19-13-21(35-31-19)30-25(34)17-7-5-10-32(14-17)23-22-24(28-15-27-23)33-11-3-1-2-9-20(33)29-22/h4,6,8,12-13,15,17H,1-3,5,7,9-11,14H2,(H,30,34)/t17-/m1/s1. The van der Waals surface area contributed by atoms with Crippen LogP contribution >= 0.6 is 11.6 Å². The van der Waals surface area contributed by atoms with Crippen LogP contribution in [0.5, 0.6) is 0 Å². The van der Waals surface area contributed by atoms with Gasteiger partial charge in [-0.3, -0.25) is 10.1 Å². The van der Waals surface area contributed by atoms with Crippen LogP contribution in [0.4, 0.5) is 11.7 Å². The van der Waals surface area contributed by atoms with Crippen LogP contribution in [0, 0.1) is 5.92 Å². The maximum absolute atomic E-state index is 13.1. The topological polar surface area (TPSA) is 102 Å². The number of carbonyl (C=O) groups excluding carboxylic acids is 1. The van der Waals surface area contributed by atoms with E-state index in [1.807, 2.05) is 18.2 Å². The van der Waals surface area contributed by atoms with Gasteiger partial charge in [0.05, 0.1) is 5.92 Å². The molecule has 2 aliphatic rings. The fourth-order valence-corrected chi connectivity index (χ4v) is 5.27. The van der Waals surface area contributed by atoms with Gasteiger partial charge < -0.3 is 14.0 Å². The van der Waals surface area contributed by atoms with Gasteiger partial charge in [-0.25, -0.2) is 15.0 Å². The number of imidazole rings is 1. The molecule has 1 fully saturated rings. The van der Waals surface area contributed by atoms with Crippen LogP contribution in [0.15, 0.2) is 41.2 Å². The number of halogens is 1. The van der Waals surface area contributed by atoms with Crippen molar-refractivity contribution in [2.75, 3.05) is 23.3 Å². The summed E-state index contributed by atoms with van der Waals surface area (Å²) in [7, 11) is 0. The van der Waals surface area contributed by atoms with Crippen LogP contribution in [0.3, 0.4) is 0 Å². The first-order valence-corrected chi connectivity index (χ1v) is 12.5. The van der Waals surface area contributed by atoms with E-state index in [1.54, 1.807) is 18.5 Å². The molecule has 4 aromatic rings. The Hall–Kier alpha value is -3.46. The van der Waals surface area contributed by atoms with Crippen molar-refractivity contribution < 1.29 is 9.32 Å². The number of nitrogens with one attached hydrogen (secondary N) is 1. The van der Waals surface area contributed by atoms with E-state index in [4.69, 9.17) is 21.1 Å². The van der Waals surface area contributed by atoms with Gasteiger partial charge in [-0.1, -0.05) is 35.3 Å².